The molecule has 0 fully saturated rings. The van der Waals surface area contributed by atoms with Crippen molar-refractivity contribution >= 4 is 27.4 Å². The summed E-state index contributed by atoms with van der Waals surface area (Å²) in [5.41, 5.74) is 1.77. The molecule has 9 heteroatoms. The smallest absolute Gasteiger partial charge is 0.352 e. The number of aliphatic hydroxyl groups is 1. The highest BCUT2D eigenvalue weighted by Gasteiger charge is 2.18. The predicted octanol–water partition coefficient (Wildman–Crippen LogP) is 4.29. The summed E-state index contributed by atoms with van der Waals surface area (Å²) < 4.78 is 25.9. The highest BCUT2D eigenvalue weighted by Crippen LogP contribution is 2.25. The maximum absolute atomic E-state index is 12.9. The van der Waals surface area contributed by atoms with Crippen LogP contribution in [0, 0.1) is 0 Å². The quantitative estimate of drug-likeness (QED) is 0.229. The van der Waals surface area contributed by atoms with Gasteiger partial charge in [0.25, 0.3) is 0 Å². The fourth-order valence-corrected chi connectivity index (χ4v) is 4.75. The molecule has 0 radical (unpaired) electrons. The topological polar surface area (TPSA) is 102 Å². The van der Waals surface area contributed by atoms with E-state index in [-0.39, 0.29) is 15.5 Å². The van der Waals surface area contributed by atoms with Crippen LogP contribution in [-0.2, 0) is 25.9 Å². The average molecular weight is 504 g/mol. The van der Waals surface area contributed by atoms with Gasteiger partial charge in [-0.2, -0.15) is 0 Å². The van der Waals surface area contributed by atoms with Gasteiger partial charge in [0, 0.05) is 24.6 Å². The van der Waals surface area contributed by atoms with E-state index in [2.05, 4.69) is 10.2 Å². The van der Waals surface area contributed by atoms with E-state index < -0.39 is 21.9 Å². The molecule has 3 rings (SSSR count). The van der Waals surface area contributed by atoms with Crippen LogP contribution in [0.25, 0.3) is 0 Å². The fourth-order valence-electron chi connectivity index (χ4n) is 3.26. The molecule has 0 amide bonds. The molecule has 0 saturated carbocycles. The van der Waals surface area contributed by atoms with Crippen LogP contribution in [0.1, 0.15) is 30.6 Å². The van der Waals surface area contributed by atoms with Gasteiger partial charge in [0.1, 0.15) is 0 Å². The number of aliphatic hydroxyl groups excluding tert-OH is 1. The number of carbonyl (C=O) groups is 1. The van der Waals surface area contributed by atoms with E-state index in [0.717, 1.165) is 24.0 Å². The Labute approximate surface area is 204 Å². The first-order valence-electron chi connectivity index (χ1n) is 10.7. The summed E-state index contributed by atoms with van der Waals surface area (Å²) in [6.07, 6.45) is 0.942. The Balaban J connectivity index is 1.50. The first kappa shape index (κ1) is 25.7. The third-order valence-corrected chi connectivity index (χ3v) is 7.00. The zero-order valence-electron chi connectivity index (χ0n) is 18.6. The lowest BCUT2D eigenvalue weighted by molar-refractivity contribution is -0.210. The fraction of sp³-hybridized carbons (Fsp3) is 0.240. The number of hydrogen-bond acceptors (Lipinski definition) is 7. The molecular weight excluding hydrogens is 478 g/mol. The van der Waals surface area contributed by atoms with Crippen LogP contribution in [0.3, 0.4) is 0 Å². The van der Waals surface area contributed by atoms with Crippen LogP contribution >= 0.6 is 11.6 Å². The minimum atomic E-state index is -3.75. The Hall–Kier alpha value is -2.91. The number of halogens is 1. The molecule has 0 aliphatic rings. The second kappa shape index (κ2) is 12.0. The van der Waals surface area contributed by atoms with Crippen molar-refractivity contribution in [1.29, 1.82) is 0 Å². The lowest BCUT2D eigenvalue weighted by atomic mass is 10.1. The molecule has 2 N–H and O–H groups in total. The molecule has 0 aromatic heterocycles. The summed E-state index contributed by atoms with van der Waals surface area (Å²) in [6.45, 7) is 2.30. The van der Waals surface area contributed by atoms with Crippen molar-refractivity contribution in [2.75, 3.05) is 13.1 Å². The summed E-state index contributed by atoms with van der Waals surface area (Å²) >= 11 is 5.95. The average Bonchev–Trinajstić information content (AvgIpc) is 2.83. The summed E-state index contributed by atoms with van der Waals surface area (Å²) in [5, 5.41) is 14.0. The standard InChI is InChI=1S/C25H26ClNO6S/c1-18(28)32-33-22-8-3-9-24(16-22)34(30,31)23-12-10-19(11-13-23)5-4-14-27-17-25(29)20-6-2-7-21(26)15-20/h2-3,6-13,15-16,25,27,29H,4-5,14,17H2,1H3/t25-/m0/s1. The van der Waals surface area contributed by atoms with E-state index in [1.54, 1.807) is 42.5 Å². The van der Waals surface area contributed by atoms with E-state index >= 15 is 0 Å². The Morgan fingerprint density at radius 3 is 2.47 bits per heavy atom. The lowest BCUT2D eigenvalue weighted by Crippen LogP contribution is -2.22. The molecule has 3 aromatic rings. The van der Waals surface area contributed by atoms with Gasteiger partial charge >= 0.3 is 5.97 Å². The van der Waals surface area contributed by atoms with Gasteiger partial charge in [0.2, 0.25) is 9.84 Å². The number of aryl methyl sites for hydroxylation is 1. The molecule has 1 atom stereocenters. The van der Waals surface area contributed by atoms with Crippen molar-refractivity contribution in [3.63, 3.8) is 0 Å². The number of sulfone groups is 1. The zero-order chi connectivity index (χ0) is 24.6. The summed E-state index contributed by atoms with van der Waals surface area (Å²) in [4.78, 5) is 20.3. The van der Waals surface area contributed by atoms with Crippen molar-refractivity contribution < 1.29 is 28.1 Å². The predicted molar refractivity (Wildman–Crippen MR) is 128 cm³/mol. The molecule has 180 valence electrons. The Morgan fingerprint density at radius 2 is 1.76 bits per heavy atom. The number of nitrogens with one attached hydrogen (secondary N) is 1. The van der Waals surface area contributed by atoms with Crippen molar-refractivity contribution in [2.24, 2.45) is 0 Å². The third-order valence-electron chi connectivity index (χ3n) is 4.99. The van der Waals surface area contributed by atoms with E-state index in [1.807, 2.05) is 6.07 Å². The molecule has 0 heterocycles. The van der Waals surface area contributed by atoms with Gasteiger partial charge in [0.15, 0.2) is 5.75 Å². The molecule has 34 heavy (non-hydrogen) atoms. The van der Waals surface area contributed by atoms with Gasteiger partial charge in [-0.25, -0.2) is 13.2 Å². The van der Waals surface area contributed by atoms with Gasteiger partial charge < -0.3 is 10.4 Å². The van der Waals surface area contributed by atoms with Crippen LogP contribution in [0.15, 0.2) is 82.6 Å². The summed E-state index contributed by atoms with van der Waals surface area (Å²) in [7, 11) is -3.75. The Morgan fingerprint density at radius 1 is 1.03 bits per heavy atom. The molecule has 0 spiro atoms. The maximum Gasteiger partial charge on any atom is 0.352 e. The normalized spacial score (nSPS) is 12.2. The van der Waals surface area contributed by atoms with Crippen LogP contribution in [-0.4, -0.2) is 32.6 Å². The maximum atomic E-state index is 12.9. The molecule has 0 unspecified atom stereocenters. The molecule has 7 nitrogen and oxygen atoms in total. The number of benzene rings is 3. The first-order valence-corrected chi connectivity index (χ1v) is 12.6. The molecule has 0 aliphatic heterocycles. The van der Waals surface area contributed by atoms with E-state index in [1.165, 1.54) is 31.2 Å². The Kier molecular flexibility index (Phi) is 9.06. The SMILES string of the molecule is CC(=O)OOc1cccc(S(=O)(=O)c2ccc(CCCNC[C@H](O)c3cccc(Cl)c3)cc2)c1. The molecule has 0 bridgehead atoms. The minimum absolute atomic E-state index is 0.0346. The molecule has 3 aromatic carbocycles. The Bertz CT molecular complexity index is 1210. The van der Waals surface area contributed by atoms with Gasteiger partial charge in [0.05, 0.1) is 15.9 Å². The second-order valence-electron chi connectivity index (χ2n) is 7.66. The zero-order valence-corrected chi connectivity index (χ0v) is 20.2. The number of rotatable bonds is 11. The van der Waals surface area contributed by atoms with Gasteiger partial charge in [-0.1, -0.05) is 41.9 Å². The van der Waals surface area contributed by atoms with E-state index in [0.29, 0.717) is 18.1 Å². The van der Waals surface area contributed by atoms with E-state index in [9.17, 15) is 18.3 Å². The highest BCUT2D eigenvalue weighted by atomic mass is 35.5. The first-order chi connectivity index (χ1) is 16.3. The molecule has 0 aliphatic carbocycles. The third kappa shape index (κ3) is 7.30. The van der Waals surface area contributed by atoms with Crippen LogP contribution in [0.4, 0.5) is 0 Å². The monoisotopic (exact) mass is 503 g/mol. The largest absolute Gasteiger partial charge is 0.387 e. The van der Waals surface area contributed by atoms with Gasteiger partial charge in [-0.15, -0.1) is 0 Å². The van der Waals surface area contributed by atoms with Crippen LogP contribution in [0.5, 0.6) is 5.75 Å². The van der Waals surface area contributed by atoms with Crippen molar-refractivity contribution in [1.82, 2.24) is 5.32 Å². The number of carbonyl (C=O) groups excluding carboxylic acids is 1. The molecular formula is C25H26ClNO6S. The summed E-state index contributed by atoms with van der Waals surface area (Å²) in [5.74, 6) is -0.530. The van der Waals surface area contributed by atoms with E-state index in [4.69, 9.17) is 16.5 Å². The number of hydrogen-bond donors (Lipinski definition) is 2. The van der Waals surface area contributed by atoms with Crippen LogP contribution < -0.4 is 10.2 Å². The van der Waals surface area contributed by atoms with Crippen molar-refractivity contribution in [3.8, 4) is 5.75 Å². The minimum Gasteiger partial charge on any atom is -0.387 e. The van der Waals surface area contributed by atoms with Crippen molar-refractivity contribution in [2.45, 2.75) is 35.7 Å². The molecule has 0 saturated heterocycles. The van der Waals surface area contributed by atoms with Gasteiger partial charge in [-0.3, -0.25) is 9.78 Å². The second-order valence-corrected chi connectivity index (χ2v) is 10.0. The van der Waals surface area contributed by atoms with Crippen LogP contribution in [0.2, 0.25) is 5.02 Å². The van der Waals surface area contributed by atoms with Crippen molar-refractivity contribution in [3.05, 3.63) is 88.9 Å². The lowest BCUT2D eigenvalue weighted by Gasteiger charge is -2.12. The highest BCUT2D eigenvalue weighted by molar-refractivity contribution is 7.91. The van der Waals surface area contributed by atoms with Gasteiger partial charge in [-0.05, 0) is 66.9 Å². The summed E-state index contributed by atoms with van der Waals surface area (Å²) in [6, 6.07) is 19.6.